The van der Waals surface area contributed by atoms with E-state index >= 15 is 0 Å². The average molecular weight is 517 g/mol. The summed E-state index contributed by atoms with van der Waals surface area (Å²) in [7, 11) is 3.18. The molecular formula is C30H36N4O4. The molecule has 2 heterocycles. The molecule has 2 N–H and O–H groups in total. The van der Waals surface area contributed by atoms with Crippen LogP contribution in [-0.2, 0) is 13.1 Å². The summed E-state index contributed by atoms with van der Waals surface area (Å²) in [5, 5.41) is 6.49. The highest BCUT2D eigenvalue weighted by atomic mass is 16.5. The van der Waals surface area contributed by atoms with E-state index in [0.717, 1.165) is 55.5 Å². The molecule has 0 radical (unpaired) electrons. The number of rotatable bonds is 6. The standard InChI is InChI=1S/C30H36N4O4/c1-37-27-13-10-22(17-28(27)38-2)19-33-29(35)23-11-12-26-25(18-23)21-31-14-6-4-3-5-7-16-34(26)30(36)24-9-8-15-32-20-24/h8-13,15,17-18,20,31H,3-7,14,16,19,21H2,1-2H3,(H,33,35). The van der Waals surface area contributed by atoms with Crippen molar-refractivity contribution >= 4 is 17.5 Å². The van der Waals surface area contributed by atoms with Crippen LogP contribution in [0.15, 0.2) is 60.9 Å². The zero-order valence-electron chi connectivity index (χ0n) is 22.2. The molecule has 200 valence electrons. The minimum atomic E-state index is -0.182. The van der Waals surface area contributed by atoms with Crippen LogP contribution in [0.1, 0.15) is 63.9 Å². The topological polar surface area (TPSA) is 92.8 Å². The predicted molar refractivity (Wildman–Crippen MR) is 148 cm³/mol. The highest BCUT2D eigenvalue weighted by Gasteiger charge is 2.22. The zero-order chi connectivity index (χ0) is 26.7. The Morgan fingerprint density at radius 1 is 0.947 bits per heavy atom. The van der Waals surface area contributed by atoms with E-state index in [9.17, 15) is 9.59 Å². The van der Waals surface area contributed by atoms with Crippen LogP contribution in [0.25, 0.3) is 0 Å². The molecule has 1 aromatic heterocycles. The summed E-state index contributed by atoms with van der Waals surface area (Å²) in [4.78, 5) is 32.6. The number of fused-ring (bicyclic) bond motifs is 1. The SMILES string of the molecule is COc1ccc(CNC(=O)c2ccc3c(c2)CNCCCCCCCN3C(=O)c2cccnc2)cc1OC. The van der Waals surface area contributed by atoms with Gasteiger partial charge in [0.2, 0.25) is 0 Å². The number of amides is 2. The number of ether oxygens (including phenoxy) is 2. The third-order valence-corrected chi connectivity index (χ3v) is 6.74. The first-order chi connectivity index (χ1) is 18.6. The molecule has 0 spiro atoms. The molecule has 1 aliphatic heterocycles. The van der Waals surface area contributed by atoms with Crippen LogP contribution in [-0.4, -0.2) is 44.1 Å². The molecule has 38 heavy (non-hydrogen) atoms. The molecule has 8 nitrogen and oxygen atoms in total. The Kier molecular flexibility index (Phi) is 9.70. The van der Waals surface area contributed by atoms with Crippen molar-refractivity contribution in [3.8, 4) is 11.5 Å². The molecule has 1 aliphatic rings. The number of carbonyl (C=O) groups is 2. The fourth-order valence-corrected chi connectivity index (χ4v) is 4.66. The van der Waals surface area contributed by atoms with Gasteiger partial charge in [-0.3, -0.25) is 14.6 Å². The van der Waals surface area contributed by atoms with Gasteiger partial charge in [0.25, 0.3) is 11.8 Å². The number of nitrogens with zero attached hydrogens (tertiary/aromatic N) is 2. The Morgan fingerprint density at radius 3 is 2.55 bits per heavy atom. The van der Waals surface area contributed by atoms with Crippen LogP contribution in [0.4, 0.5) is 5.69 Å². The van der Waals surface area contributed by atoms with Crippen molar-refractivity contribution < 1.29 is 19.1 Å². The fraction of sp³-hybridized carbons (Fsp3) is 0.367. The zero-order valence-corrected chi connectivity index (χ0v) is 22.2. The van der Waals surface area contributed by atoms with Crippen molar-refractivity contribution in [1.82, 2.24) is 15.6 Å². The van der Waals surface area contributed by atoms with Gasteiger partial charge >= 0.3 is 0 Å². The van der Waals surface area contributed by atoms with Crippen LogP contribution >= 0.6 is 0 Å². The first-order valence-corrected chi connectivity index (χ1v) is 13.2. The predicted octanol–water partition coefficient (Wildman–Crippen LogP) is 4.73. The number of methoxy groups -OCH3 is 2. The van der Waals surface area contributed by atoms with Crippen LogP contribution in [0, 0.1) is 0 Å². The minimum absolute atomic E-state index is 0.0814. The fourth-order valence-electron chi connectivity index (χ4n) is 4.66. The molecule has 0 aliphatic carbocycles. The summed E-state index contributed by atoms with van der Waals surface area (Å²) in [5.41, 5.74) is 3.74. The number of carbonyl (C=O) groups excluding carboxylic acids is 2. The molecule has 4 rings (SSSR count). The molecule has 0 saturated carbocycles. The molecule has 0 unspecified atom stereocenters. The summed E-state index contributed by atoms with van der Waals surface area (Å²) in [6.45, 7) is 2.43. The van der Waals surface area contributed by atoms with Gasteiger partial charge in [-0.1, -0.05) is 25.3 Å². The average Bonchev–Trinajstić information content (AvgIpc) is 2.96. The molecule has 0 fully saturated rings. The van der Waals surface area contributed by atoms with Crippen LogP contribution in [0.2, 0.25) is 0 Å². The number of hydrogen-bond donors (Lipinski definition) is 2. The lowest BCUT2D eigenvalue weighted by Gasteiger charge is -2.26. The highest BCUT2D eigenvalue weighted by molar-refractivity contribution is 6.06. The van der Waals surface area contributed by atoms with E-state index in [0.29, 0.717) is 42.3 Å². The summed E-state index contributed by atoms with van der Waals surface area (Å²) in [6, 6.07) is 14.7. The van der Waals surface area contributed by atoms with Crippen LogP contribution < -0.4 is 25.0 Å². The van der Waals surface area contributed by atoms with Gasteiger partial charge in [0.05, 0.1) is 19.8 Å². The Balaban J connectivity index is 1.57. The van der Waals surface area contributed by atoms with Gasteiger partial charge in [-0.15, -0.1) is 0 Å². The third-order valence-electron chi connectivity index (χ3n) is 6.74. The maximum Gasteiger partial charge on any atom is 0.259 e. The Bertz CT molecular complexity index is 1230. The Hall–Kier alpha value is -3.91. The van der Waals surface area contributed by atoms with Gasteiger partial charge in [-0.2, -0.15) is 0 Å². The highest BCUT2D eigenvalue weighted by Crippen LogP contribution is 2.28. The van der Waals surface area contributed by atoms with Crippen LogP contribution in [0.5, 0.6) is 11.5 Å². The number of pyridine rings is 1. The number of benzene rings is 2. The largest absolute Gasteiger partial charge is 0.493 e. The first kappa shape index (κ1) is 27.1. The van der Waals surface area contributed by atoms with E-state index in [-0.39, 0.29) is 11.8 Å². The number of hydrogen-bond acceptors (Lipinski definition) is 6. The van der Waals surface area contributed by atoms with E-state index in [1.165, 1.54) is 0 Å². The van der Waals surface area contributed by atoms with E-state index in [2.05, 4.69) is 15.6 Å². The quantitative estimate of drug-likeness (QED) is 0.492. The van der Waals surface area contributed by atoms with Gasteiger partial charge in [0.15, 0.2) is 11.5 Å². The smallest absolute Gasteiger partial charge is 0.259 e. The Labute approximate surface area is 224 Å². The third kappa shape index (κ3) is 6.89. The van der Waals surface area contributed by atoms with Gasteiger partial charge in [0.1, 0.15) is 0 Å². The lowest BCUT2D eigenvalue weighted by molar-refractivity contribution is 0.0949. The second kappa shape index (κ2) is 13.6. The van der Waals surface area contributed by atoms with Crippen molar-refractivity contribution in [3.63, 3.8) is 0 Å². The molecule has 0 atom stereocenters. The number of nitrogens with one attached hydrogen (secondary N) is 2. The minimum Gasteiger partial charge on any atom is -0.493 e. The van der Waals surface area contributed by atoms with Gasteiger partial charge in [0, 0.05) is 43.3 Å². The van der Waals surface area contributed by atoms with Crippen molar-refractivity contribution in [2.24, 2.45) is 0 Å². The maximum atomic E-state index is 13.5. The molecule has 8 heteroatoms. The first-order valence-electron chi connectivity index (χ1n) is 13.2. The van der Waals surface area contributed by atoms with E-state index in [4.69, 9.17) is 9.47 Å². The monoisotopic (exact) mass is 516 g/mol. The lowest BCUT2D eigenvalue weighted by Crippen LogP contribution is -2.34. The summed E-state index contributed by atoms with van der Waals surface area (Å²) in [6.07, 6.45) is 8.69. The molecule has 0 bridgehead atoms. The lowest BCUT2D eigenvalue weighted by atomic mass is 10.0. The summed E-state index contributed by atoms with van der Waals surface area (Å²) >= 11 is 0. The van der Waals surface area contributed by atoms with Crippen molar-refractivity contribution in [3.05, 3.63) is 83.2 Å². The molecule has 3 aromatic rings. The molecular weight excluding hydrogens is 480 g/mol. The van der Waals surface area contributed by atoms with Gasteiger partial charge in [-0.05, 0) is 73.0 Å². The van der Waals surface area contributed by atoms with Gasteiger partial charge in [-0.25, -0.2) is 0 Å². The maximum absolute atomic E-state index is 13.5. The molecule has 2 amide bonds. The second-order valence-corrected chi connectivity index (χ2v) is 9.36. The number of anilines is 1. The summed E-state index contributed by atoms with van der Waals surface area (Å²) in [5.74, 6) is 0.991. The molecule has 0 saturated heterocycles. The van der Waals surface area contributed by atoms with Crippen molar-refractivity contribution in [1.29, 1.82) is 0 Å². The van der Waals surface area contributed by atoms with Gasteiger partial charge < -0.3 is 25.0 Å². The Morgan fingerprint density at radius 2 is 1.76 bits per heavy atom. The normalized spacial score (nSPS) is 14.4. The van der Waals surface area contributed by atoms with E-state index < -0.39 is 0 Å². The summed E-state index contributed by atoms with van der Waals surface area (Å²) < 4.78 is 10.7. The van der Waals surface area contributed by atoms with Crippen molar-refractivity contribution in [2.45, 2.75) is 45.2 Å². The molecule has 2 aromatic carbocycles. The van der Waals surface area contributed by atoms with E-state index in [1.807, 2.05) is 35.2 Å². The van der Waals surface area contributed by atoms with Crippen molar-refractivity contribution in [2.75, 3.05) is 32.2 Å². The number of aromatic nitrogens is 1. The van der Waals surface area contributed by atoms with Crippen LogP contribution in [0.3, 0.4) is 0 Å². The second-order valence-electron chi connectivity index (χ2n) is 9.36. The van der Waals surface area contributed by atoms with E-state index in [1.54, 1.807) is 44.8 Å².